The van der Waals surface area contributed by atoms with E-state index < -0.39 is 10.0 Å². The first-order chi connectivity index (χ1) is 8.55. The molecular formula is C12H11N3O2S. The lowest BCUT2D eigenvalue weighted by atomic mass is 10.3. The number of primary sulfonamides is 1. The maximum atomic E-state index is 11.1. The summed E-state index contributed by atoms with van der Waals surface area (Å²) >= 11 is 0. The Bertz CT molecular complexity index is 649. The number of nitrogens with two attached hydrogens (primary N) is 1. The second-order valence-corrected chi connectivity index (χ2v) is 5.14. The third-order valence-electron chi connectivity index (χ3n) is 2.23. The quantitative estimate of drug-likeness (QED) is 0.849. The molecule has 0 saturated carbocycles. The molecule has 0 aliphatic heterocycles. The zero-order valence-corrected chi connectivity index (χ0v) is 10.2. The standard InChI is InChI=1S/C12H11N3O2S/c13-18(16,17)12-3-1-11(2-4-12)15-9-10-5-7-14-8-6-10/h1-9H,(H2,13,16,17). The minimum atomic E-state index is -3.65. The largest absolute Gasteiger partial charge is 0.265 e. The van der Waals surface area contributed by atoms with Crippen LogP contribution >= 0.6 is 0 Å². The number of aliphatic imine (C=N–C) groups is 1. The van der Waals surface area contributed by atoms with Gasteiger partial charge in [-0.2, -0.15) is 0 Å². The second kappa shape index (κ2) is 5.07. The van der Waals surface area contributed by atoms with Gasteiger partial charge in [-0.1, -0.05) is 0 Å². The fourth-order valence-corrected chi connectivity index (χ4v) is 1.84. The van der Waals surface area contributed by atoms with Gasteiger partial charge in [-0.05, 0) is 42.0 Å². The van der Waals surface area contributed by atoms with Crippen molar-refractivity contribution in [2.24, 2.45) is 10.1 Å². The van der Waals surface area contributed by atoms with Crippen molar-refractivity contribution < 1.29 is 8.42 Å². The molecule has 1 aromatic carbocycles. The van der Waals surface area contributed by atoms with Gasteiger partial charge in [-0.15, -0.1) is 0 Å². The summed E-state index contributed by atoms with van der Waals surface area (Å²) in [7, 11) is -3.65. The minimum Gasteiger partial charge on any atom is -0.265 e. The molecule has 1 heterocycles. The van der Waals surface area contributed by atoms with Crippen molar-refractivity contribution in [1.29, 1.82) is 0 Å². The molecule has 1 aromatic heterocycles. The predicted octanol–water partition coefficient (Wildman–Crippen LogP) is 1.48. The van der Waals surface area contributed by atoms with Crippen LogP contribution in [0, 0.1) is 0 Å². The summed E-state index contributed by atoms with van der Waals surface area (Å²) in [5.74, 6) is 0. The van der Waals surface area contributed by atoms with Gasteiger partial charge >= 0.3 is 0 Å². The summed E-state index contributed by atoms with van der Waals surface area (Å²) in [6, 6.07) is 9.68. The number of aromatic nitrogens is 1. The van der Waals surface area contributed by atoms with E-state index in [4.69, 9.17) is 5.14 Å². The van der Waals surface area contributed by atoms with E-state index in [2.05, 4.69) is 9.98 Å². The van der Waals surface area contributed by atoms with E-state index in [1.807, 2.05) is 12.1 Å². The third-order valence-corrected chi connectivity index (χ3v) is 3.16. The van der Waals surface area contributed by atoms with E-state index >= 15 is 0 Å². The van der Waals surface area contributed by atoms with Crippen molar-refractivity contribution in [3.05, 3.63) is 54.4 Å². The monoisotopic (exact) mass is 261 g/mol. The lowest BCUT2D eigenvalue weighted by Crippen LogP contribution is -2.11. The molecule has 0 radical (unpaired) electrons. The Morgan fingerprint density at radius 3 is 2.22 bits per heavy atom. The lowest BCUT2D eigenvalue weighted by Gasteiger charge is -1.98. The molecule has 0 fully saturated rings. The van der Waals surface area contributed by atoms with Gasteiger partial charge in [0.1, 0.15) is 0 Å². The Balaban J connectivity index is 2.19. The minimum absolute atomic E-state index is 0.0744. The molecular weight excluding hydrogens is 250 g/mol. The van der Waals surface area contributed by atoms with Gasteiger partial charge in [0.15, 0.2) is 0 Å². The summed E-state index contributed by atoms with van der Waals surface area (Å²) < 4.78 is 22.1. The van der Waals surface area contributed by atoms with E-state index in [9.17, 15) is 8.42 Å². The van der Waals surface area contributed by atoms with Gasteiger partial charge in [-0.25, -0.2) is 13.6 Å². The van der Waals surface area contributed by atoms with Gasteiger partial charge in [-0.3, -0.25) is 9.98 Å². The molecule has 0 bridgehead atoms. The van der Waals surface area contributed by atoms with Crippen LogP contribution in [0.4, 0.5) is 5.69 Å². The van der Waals surface area contributed by atoms with Crippen LogP contribution in [0.15, 0.2) is 58.7 Å². The van der Waals surface area contributed by atoms with Crippen molar-refractivity contribution in [2.75, 3.05) is 0 Å². The highest BCUT2D eigenvalue weighted by Crippen LogP contribution is 2.15. The molecule has 0 aliphatic carbocycles. The van der Waals surface area contributed by atoms with Crippen LogP contribution in [0.1, 0.15) is 5.56 Å². The first kappa shape index (κ1) is 12.4. The Labute approximate surface area is 105 Å². The van der Waals surface area contributed by atoms with Crippen LogP contribution in [0.2, 0.25) is 0 Å². The van der Waals surface area contributed by atoms with Crippen molar-refractivity contribution in [3.63, 3.8) is 0 Å². The Hall–Kier alpha value is -2.05. The molecule has 18 heavy (non-hydrogen) atoms. The summed E-state index contributed by atoms with van der Waals surface area (Å²) in [4.78, 5) is 8.18. The van der Waals surface area contributed by atoms with Crippen LogP contribution in [0.5, 0.6) is 0 Å². The third kappa shape index (κ3) is 3.22. The molecule has 0 amide bonds. The number of hydrogen-bond acceptors (Lipinski definition) is 4. The molecule has 5 nitrogen and oxygen atoms in total. The van der Waals surface area contributed by atoms with Crippen LogP contribution < -0.4 is 5.14 Å². The molecule has 6 heteroatoms. The summed E-state index contributed by atoms with van der Waals surface area (Å²) in [6.45, 7) is 0. The number of nitrogens with zero attached hydrogens (tertiary/aromatic N) is 2. The predicted molar refractivity (Wildman–Crippen MR) is 69.3 cm³/mol. The smallest absolute Gasteiger partial charge is 0.238 e. The molecule has 2 N–H and O–H groups in total. The molecule has 0 aliphatic rings. The fraction of sp³-hybridized carbons (Fsp3) is 0. The van der Waals surface area contributed by atoms with E-state index in [-0.39, 0.29) is 4.90 Å². The van der Waals surface area contributed by atoms with Crippen LogP contribution in [0.25, 0.3) is 0 Å². The van der Waals surface area contributed by atoms with Gasteiger partial charge < -0.3 is 0 Å². The first-order valence-electron chi connectivity index (χ1n) is 5.13. The van der Waals surface area contributed by atoms with Crippen molar-refractivity contribution in [1.82, 2.24) is 4.98 Å². The Kier molecular flexibility index (Phi) is 3.50. The van der Waals surface area contributed by atoms with Gasteiger partial charge in [0.25, 0.3) is 0 Å². The zero-order valence-electron chi connectivity index (χ0n) is 9.39. The maximum absolute atomic E-state index is 11.1. The highest BCUT2D eigenvalue weighted by molar-refractivity contribution is 7.89. The molecule has 0 spiro atoms. The lowest BCUT2D eigenvalue weighted by molar-refractivity contribution is 0.598. The average molecular weight is 261 g/mol. The molecule has 0 atom stereocenters. The highest BCUT2D eigenvalue weighted by Gasteiger charge is 2.05. The topological polar surface area (TPSA) is 85.4 Å². The van der Waals surface area contributed by atoms with Gasteiger partial charge in [0.2, 0.25) is 10.0 Å². The maximum Gasteiger partial charge on any atom is 0.238 e. The summed E-state index contributed by atoms with van der Waals surface area (Å²) in [5, 5.41) is 5.00. The van der Waals surface area contributed by atoms with Crippen molar-refractivity contribution in [2.45, 2.75) is 4.90 Å². The average Bonchev–Trinajstić information content (AvgIpc) is 2.37. The van der Waals surface area contributed by atoms with E-state index in [0.29, 0.717) is 5.69 Å². The summed E-state index contributed by atoms with van der Waals surface area (Å²) in [6.07, 6.45) is 5.02. The molecule has 2 aromatic rings. The number of pyridine rings is 1. The first-order valence-corrected chi connectivity index (χ1v) is 6.67. The molecule has 0 saturated heterocycles. The van der Waals surface area contributed by atoms with Crippen molar-refractivity contribution in [3.8, 4) is 0 Å². The number of rotatable bonds is 3. The second-order valence-electron chi connectivity index (χ2n) is 3.58. The van der Waals surface area contributed by atoms with Gasteiger partial charge in [0, 0.05) is 18.6 Å². The van der Waals surface area contributed by atoms with Crippen LogP contribution in [-0.4, -0.2) is 19.6 Å². The normalized spacial score (nSPS) is 11.8. The fourth-order valence-electron chi connectivity index (χ4n) is 1.32. The highest BCUT2D eigenvalue weighted by atomic mass is 32.2. The Morgan fingerprint density at radius 2 is 1.67 bits per heavy atom. The number of benzene rings is 1. The van der Waals surface area contributed by atoms with Crippen LogP contribution in [0.3, 0.4) is 0 Å². The van der Waals surface area contributed by atoms with Crippen molar-refractivity contribution >= 4 is 21.9 Å². The number of sulfonamides is 1. The van der Waals surface area contributed by atoms with E-state index in [0.717, 1.165) is 5.56 Å². The van der Waals surface area contributed by atoms with E-state index in [1.165, 1.54) is 12.1 Å². The molecule has 92 valence electrons. The SMILES string of the molecule is NS(=O)(=O)c1ccc(N=Cc2ccncc2)cc1. The summed E-state index contributed by atoms with van der Waals surface area (Å²) in [5.41, 5.74) is 1.57. The van der Waals surface area contributed by atoms with Crippen LogP contribution in [-0.2, 0) is 10.0 Å². The van der Waals surface area contributed by atoms with E-state index in [1.54, 1.807) is 30.7 Å². The van der Waals surface area contributed by atoms with Gasteiger partial charge in [0.05, 0.1) is 10.6 Å². The molecule has 0 unspecified atom stereocenters. The Morgan fingerprint density at radius 1 is 1.06 bits per heavy atom. The number of hydrogen-bond donors (Lipinski definition) is 1. The molecule has 2 rings (SSSR count). The zero-order chi connectivity index (χ0) is 13.0.